The molecule has 2 aromatic carbocycles. The summed E-state index contributed by atoms with van der Waals surface area (Å²) in [7, 11) is -2.51. The summed E-state index contributed by atoms with van der Waals surface area (Å²) in [5.41, 5.74) is 0.299. The lowest BCUT2D eigenvalue weighted by atomic mass is 10.1. The highest BCUT2D eigenvalue weighted by Crippen LogP contribution is 2.31. The Morgan fingerprint density at radius 2 is 1.87 bits per heavy atom. The second-order valence-electron chi connectivity index (χ2n) is 6.82. The molecule has 11 heteroatoms. The minimum Gasteiger partial charge on any atom is -0.491 e. The van der Waals surface area contributed by atoms with Crippen molar-refractivity contribution in [2.45, 2.75) is 31.0 Å². The third-order valence-electron chi connectivity index (χ3n) is 4.54. The number of alkyl halides is 3. The zero-order valence-electron chi connectivity index (χ0n) is 17.1. The highest BCUT2D eigenvalue weighted by Gasteiger charge is 2.30. The van der Waals surface area contributed by atoms with E-state index in [2.05, 4.69) is 10.0 Å². The van der Waals surface area contributed by atoms with Gasteiger partial charge in [0, 0.05) is 12.1 Å². The number of nitrogens with one attached hydrogen (secondary N) is 2. The number of sulfonamides is 1. The summed E-state index contributed by atoms with van der Waals surface area (Å²) in [6.07, 6.45) is -5.72. The molecule has 0 fully saturated rings. The van der Waals surface area contributed by atoms with E-state index in [1.165, 1.54) is 31.3 Å². The van der Waals surface area contributed by atoms with Gasteiger partial charge in [-0.2, -0.15) is 13.2 Å². The first-order valence-corrected chi connectivity index (χ1v) is 10.6. The lowest BCUT2D eigenvalue weighted by Crippen LogP contribution is -2.35. The molecule has 1 atom stereocenters. The smallest absolute Gasteiger partial charge is 0.416 e. The monoisotopic (exact) mass is 460 g/mol. The van der Waals surface area contributed by atoms with Gasteiger partial charge in [0.15, 0.2) is 0 Å². The molecule has 0 aliphatic rings. The molecule has 0 saturated heterocycles. The van der Waals surface area contributed by atoms with E-state index in [4.69, 9.17) is 4.74 Å². The summed E-state index contributed by atoms with van der Waals surface area (Å²) in [6, 6.07) is 6.96. The Balaban J connectivity index is 2.00. The third kappa shape index (κ3) is 6.42. The van der Waals surface area contributed by atoms with Gasteiger partial charge in [0.2, 0.25) is 10.0 Å². The molecule has 0 spiro atoms. The molecule has 0 aliphatic carbocycles. The van der Waals surface area contributed by atoms with E-state index in [0.717, 1.165) is 12.1 Å². The van der Waals surface area contributed by atoms with Gasteiger partial charge in [-0.3, -0.25) is 4.79 Å². The molecule has 2 aromatic rings. The highest BCUT2D eigenvalue weighted by molar-refractivity contribution is 7.89. The molecule has 0 bridgehead atoms. The highest BCUT2D eigenvalue weighted by atomic mass is 32.2. The Morgan fingerprint density at radius 1 is 1.19 bits per heavy atom. The molecule has 170 valence electrons. The number of hydrogen-bond donors (Lipinski definition) is 3. The number of carbonyl (C=O) groups excluding carboxylic acids is 1. The van der Waals surface area contributed by atoms with E-state index >= 15 is 0 Å². The van der Waals surface area contributed by atoms with Crippen LogP contribution in [0.3, 0.4) is 0 Å². The van der Waals surface area contributed by atoms with Crippen molar-refractivity contribution in [1.29, 1.82) is 0 Å². The van der Waals surface area contributed by atoms with E-state index in [1.807, 2.05) is 0 Å². The SMILES string of the molecule is CNS(=O)(=O)c1cc(C(=O)NCC(O)COc2cccc(C(F)(F)F)c2)cc(C)c1C. The second-order valence-corrected chi connectivity index (χ2v) is 8.68. The van der Waals surface area contributed by atoms with Crippen molar-refractivity contribution in [2.24, 2.45) is 0 Å². The van der Waals surface area contributed by atoms with Crippen molar-refractivity contribution in [3.05, 3.63) is 58.7 Å². The van der Waals surface area contributed by atoms with Gasteiger partial charge in [0.1, 0.15) is 18.5 Å². The molecule has 0 heterocycles. The van der Waals surface area contributed by atoms with Crippen molar-refractivity contribution in [2.75, 3.05) is 20.2 Å². The molecular weight excluding hydrogens is 437 g/mol. The van der Waals surface area contributed by atoms with Crippen molar-refractivity contribution in [3.8, 4) is 5.75 Å². The van der Waals surface area contributed by atoms with E-state index in [-0.39, 0.29) is 29.4 Å². The Morgan fingerprint density at radius 3 is 2.48 bits per heavy atom. The number of benzene rings is 2. The third-order valence-corrected chi connectivity index (χ3v) is 6.08. The van der Waals surface area contributed by atoms with Gasteiger partial charge in [-0.1, -0.05) is 6.07 Å². The zero-order chi connectivity index (χ0) is 23.4. The number of amides is 1. The predicted molar refractivity (Wildman–Crippen MR) is 107 cm³/mol. The first kappa shape index (κ1) is 24.6. The number of carbonyl (C=O) groups is 1. The number of rotatable bonds is 8. The minimum absolute atomic E-state index is 0.0337. The van der Waals surface area contributed by atoms with Crippen molar-refractivity contribution in [1.82, 2.24) is 10.0 Å². The molecule has 0 radical (unpaired) electrons. The fourth-order valence-corrected chi connectivity index (χ4v) is 3.74. The number of aryl methyl sites for hydroxylation is 1. The average Bonchev–Trinajstić information content (AvgIpc) is 2.71. The van der Waals surface area contributed by atoms with Crippen LogP contribution in [0.2, 0.25) is 0 Å². The van der Waals surface area contributed by atoms with Crippen LogP contribution in [0, 0.1) is 13.8 Å². The van der Waals surface area contributed by atoms with Gasteiger partial charge in [0.05, 0.1) is 10.5 Å². The van der Waals surface area contributed by atoms with Crippen LogP contribution in [0.5, 0.6) is 5.75 Å². The predicted octanol–water partition coefficient (Wildman–Crippen LogP) is 2.40. The fraction of sp³-hybridized carbons (Fsp3) is 0.350. The van der Waals surface area contributed by atoms with E-state index in [9.17, 15) is 31.5 Å². The van der Waals surface area contributed by atoms with E-state index < -0.39 is 33.8 Å². The summed E-state index contributed by atoms with van der Waals surface area (Å²) in [5.74, 6) is -0.690. The maximum Gasteiger partial charge on any atom is 0.416 e. The number of halogens is 3. The molecule has 0 aliphatic heterocycles. The van der Waals surface area contributed by atoms with Gasteiger partial charge in [-0.25, -0.2) is 13.1 Å². The van der Waals surface area contributed by atoms with Crippen LogP contribution < -0.4 is 14.8 Å². The molecule has 2 rings (SSSR count). The van der Waals surface area contributed by atoms with Gasteiger partial charge in [-0.15, -0.1) is 0 Å². The number of aliphatic hydroxyl groups excluding tert-OH is 1. The van der Waals surface area contributed by atoms with Crippen LogP contribution in [-0.4, -0.2) is 45.7 Å². The molecule has 0 aromatic heterocycles. The van der Waals surface area contributed by atoms with E-state index in [0.29, 0.717) is 11.1 Å². The summed E-state index contributed by atoms with van der Waals surface area (Å²) >= 11 is 0. The Kier molecular flexibility index (Phi) is 7.68. The average molecular weight is 460 g/mol. The minimum atomic E-state index is -4.52. The van der Waals surface area contributed by atoms with Crippen molar-refractivity contribution in [3.63, 3.8) is 0 Å². The number of hydrogen-bond acceptors (Lipinski definition) is 5. The van der Waals surface area contributed by atoms with Gasteiger partial charge in [-0.05, 0) is 62.4 Å². The van der Waals surface area contributed by atoms with Gasteiger partial charge < -0.3 is 15.2 Å². The fourth-order valence-electron chi connectivity index (χ4n) is 2.67. The zero-order valence-corrected chi connectivity index (χ0v) is 17.9. The maximum atomic E-state index is 12.7. The van der Waals surface area contributed by atoms with Crippen molar-refractivity contribution < 1.29 is 36.2 Å². The molecule has 1 amide bonds. The Labute approximate surface area is 178 Å². The largest absolute Gasteiger partial charge is 0.491 e. The molecular formula is C20H23F3N2O5S. The summed E-state index contributed by atoms with van der Waals surface area (Å²) < 4.78 is 69.8. The molecule has 3 N–H and O–H groups in total. The maximum absolute atomic E-state index is 12.7. The molecule has 1 unspecified atom stereocenters. The molecule has 31 heavy (non-hydrogen) atoms. The topological polar surface area (TPSA) is 105 Å². The molecule has 0 saturated carbocycles. The lowest BCUT2D eigenvalue weighted by molar-refractivity contribution is -0.137. The van der Waals surface area contributed by atoms with Crippen LogP contribution in [0.4, 0.5) is 13.2 Å². The van der Waals surface area contributed by atoms with Gasteiger partial charge in [0.25, 0.3) is 5.91 Å². The van der Waals surface area contributed by atoms with Crippen LogP contribution in [0.1, 0.15) is 27.0 Å². The summed E-state index contributed by atoms with van der Waals surface area (Å²) in [6.45, 7) is 2.68. The number of ether oxygens (including phenoxy) is 1. The van der Waals surface area contributed by atoms with Gasteiger partial charge >= 0.3 is 6.18 Å². The Hall–Kier alpha value is -2.63. The van der Waals surface area contributed by atoms with Crippen LogP contribution in [0.15, 0.2) is 41.3 Å². The first-order valence-electron chi connectivity index (χ1n) is 9.16. The summed E-state index contributed by atoms with van der Waals surface area (Å²) in [5, 5.41) is 12.4. The standard InChI is InChI=1S/C20H23F3N2O5S/c1-12-7-14(8-18(13(12)2)31(28,29)24-3)19(27)25-10-16(26)11-30-17-6-4-5-15(9-17)20(21,22)23/h4-9,16,24,26H,10-11H2,1-3H3,(H,25,27). The normalized spacial score (nSPS) is 13.0. The lowest BCUT2D eigenvalue weighted by Gasteiger charge is -2.15. The van der Waals surface area contributed by atoms with Crippen LogP contribution >= 0.6 is 0 Å². The summed E-state index contributed by atoms with van der Waals surface area (Å²) in [4.78, 5) is 12.4. The Bertz CT molecular complexity index is 1060. The number of aliphatic hydroxyl groups is 1. The second kappa shape index (κ2) is 9.67. The van der Waals surface area contributed by atoms with Crippen LogP contribution in [0.25, 0.3) is 0 Å². The van der Waals surface area contributed by atoms with Crippen molar-refractivity contribution >= 4 is 15.9 Å². The quantitative estimate of drug-likeness (QED) is 0.561. The van der Waals surface area contributed by atoms with E-state index in [1.54, 1.807) is 13.8 Å². The van der Waals surface area contributed by atoms with Crippen LogP contribution in [-0.2, 0) is 16.2 Å². The molecule has 7 nitrogen and oxygen atoms in total. The first-order chi connectivity index (χ1) is 14.3.